The van der Waals surface area contributed by atoms with E-state index in [1.807, 2.05) is 50.2 Å². The maximum atomic E-state index is 12.4. The number of likely N-dealkylation sites (N-methyl/N-ethyl adjacent to an activating group) is 1. The lowest BCUT2D eigenvalue weighted by Gasteiger charge is -2.35. The van der Waals surface area contributed by atoms with Crippen molar-refractivity contribution in [3.05, 3.63) is 61.4 Å². The molecule has 39 heavy (non-hydrogen) atoms. The lowest BCUT2D eigenvalue weighted by molar-refractivity contribution is -0.138. The van der Waals surface area contributed by atoms with Crippen LogP contribution >= 0.6 is 0 Å². The van der Waals surface area contributed by atoms with E-state index in [2.05, 4.69) is 54.2 Å². The van der Waals surface area contributed by atoms with Crippen molar-refractivity contribution in [2.45, 2.75) is 50.6 Å². The minimum atomic E-state index is 0.360. The van der Waals surface area contributed by atoms with E-state index in [0.717, 1.165) is 53.7 Å². The predicted molar refractivity (Wildman–Crippen MR) is 150 cm³/mol. The van der Waals surface area contributed by atoms with Crippen molar-refractivity contribution in [2.75, 3.05) is 20.1 Å². The number of amides is 1. The number of nitrogens with one attached hydrogen (secondary N) is 1. The van der Waals surface area contributed by atoms with Crippen LogP contribution in [0.25, 0.3) is 33.6 Å². The summed E-state index contributed by atoms with van der Waals surface area (Å²) in [6.45, 7) is 2.10. The van der Waals surface area contributed by atoms with Crippen LogP contribution in [-0.4, -0.2) is 77.9 Å². The Labute approximate surface area is 229 Å². The van der Waals surface area contributed by atoms with Gasteiger partial charge in [0.1, 0.15) is 0 Å². The van der Waals surface area contributed by atoms with Gasteiger partial charge in [0.25, 0.3) is 0 Å². The highest BCUT2D eigenvalue weighted by atomic mass is 16.2. The maximum Gasteiger partial charge on any atom is 0.226 e. The Morgan fingerprint density at radius 2 is 1.67 bits per heavy atom. The first kappa shape index (κ1) is 25.4. The lowest BCUT2D eigenvalue weighted by atomic mass is 9.88. The number of hydrogen-bond acceptors (Lipinski definition) is 6. The van der Waals surface area contributed by atoms with Gasteiger partial charge in [0.05, 0.1) is 12.4 Å². The van der Waals surface area contributed by atoms with Crippen molar-refractivity contribution >= 4 is 5.91 Å². The molecule has 1 N–H and O–H groups in total. The minimum Gasteiger partial charge on any atom is -0.337 e. The van der Waals surface area contributed by atoms with Crippen LogP contribution in [-0.2, 0) is 11.8 Å². The van der Waals surface area contributed by atoms with Crippen LogP contribution in [0.2, 0.25) is 0 Å². The summed E-state index contributed by atoms with van der Waals surface area (Å²) in [5.74, 6) is 1.53. The molecule has 2 unspecified atom stereocenters. The summed E-state index contributed by atoms with van der Waals surface area (Å²) in [5.41, 5.74) is 5.05. The van der Waals surface area contributed by atoms with Crippen molar-refractivity contribution in [2.24, 2.45) is 13.0 Å². The van der Waals surface area contributed by atoms with Gasteiger partial charge in [-0.2, -0.15) is 10.2 Å². The van der Waals surface area contributed by atoms with Crippen LogP contribution < -0.4 is 0 Å². The molecular formula is C30H36N8O. The Hall–Kier alpha value is -3.85. The maximum absolute atomic E-state index is 12.4. The van der Waals surface area contributed by atoms with E-state index in [9.17, 15) is 4.79 Å². The Morgan fingerprint density at radius 1 is 0.872 bits per heavy atom. The zero-order chi connectivity index (χ0) is 26.8. The molecule has 1 aliphatic carbocycles. The second-order valence-electron chi connectivity index (χ2n) is 11.1. The van der Waals surface area contributed by atoms with E-state index in [1.54, 1.807) is 10.9 Å². The number of H-pyrrole nitrogens is 1. The molecular weight excluding hydrogens is 488 g/mol. The first-order chi connectivity index (χ1) is 19.0. The number of piperazine rings is 1. The van der Waals surface area contributed by atoms with Gasteiger partial charge in [-0.15, -0.1) is 0 Å². The molecule has 0 spiro atoms. The third-order valence-electron chi connectivity index (χ3n) is 8.39. The van der Waals surface area contributed by atoms with E-state index < -0.39 is 0 Å². The summed E-state index contributed by atoms with van der Waals surface area (Å²) in [6, 6.07) is 9.32. The molecule has 2 aliphatic heterocycles. The Kier molecular flexibility index (Phi) is 7.24. The van der Waals surface area contributed by atoms with E-state index in [0.29, 0.717) is 29.7 Å². The average Bonchev–Trinajstić information content (AvgIpc) is 3.79. The monoisotopic (exact) mass is 524 g/mol. The van der Waals surface area contributed by atoms with Gasteiger partial charge in [0.2, 0.25) is 5.91 Å². The highest BCUT2D eigenvalue weighted by Crippen LogP contribution is 2.33. The largest absolute Gasteiger partial charge is 0.337 e. The molecule has 1 aromatic carbocycles. The molecule has 3 fully saturated rings. The number of nitrogens with zero attached hydrogens (tertiary/aromatic N) is 7. The summed E-state index contributed by atoms with van der Waals surface area (Å²) >= 11 is 0. The fourth-order valence-electron chi connectivity index (χ4n) is 6.16. The molecule has 1 amide bonds. The van der Waals surface area contributed by atoms with Crippen LogP contribution in [0.15, 0.2) is 61.4 Å². The number of hydrogen-bond donors (Lipinski definition) is 1. The van der Waals surface area contributed by atoms with Crippen molar-refractivity contribution < 1.29 is 4.79 Å². The number of carbonyl (C=O) groups excluding carboxylic acids is 1. The van der Waals surface area contributed by atoms with Crippen LogP contribution in [0.4, 0.5) is 0 Å². The van der Waals surface area contributed by atoms with Crippen molar-refractivity contribution in [3.8, 4) is 33.6 Å². The van der Waals surface area contributed by atoms with Gasteiger partial charge in [0, 0.05) is 85.2 Å². The molecule has 1 saturated carbocycles. The van der Waals surface area contributed by atoms with E-state index >= 15 is 0 Å². The number of benzene rings is 1. The number of aromatic nitrogens is 6. The molecule has 4 aromatic rings. The first-order valence-corrected chi connectivity index (χ1v) is 14.0. The second kappa shape index (κ2) is 11.1. The average molecular weight is 525 g/mol. The first-order valence-electron chi connectivity index (χ1n) is 14.0. The van der Waals surface area contributed by atoms with E-state index in [-0.39, 0.29) is 0 Å². The van der Waals surface area contributed by atoms with Gasteiger partial charge >= 0.3 is 0 Å². The van der Waals surface area contributed by atoms with Crippen LogP contribution in [0.3, 0.4) is 0 Å². The number of rotatable bonds is 4. The molecule has 2 saturated heterocycles. The SMILES string of the molecule is CN1CC2CC1CN2C(=O)C1CCCCC1.Cn1cc(-c2cccc(-c3ncc(-c4cn[nH]c4)cn3)c2)cn1. The quantitative estimate of drug-likeness (QED) is 0.425. The topological polar surface area (TPSA) is 95.8 Å². The number of carbonyl (C=O) groups is 1. The molecule has 9 heteroatoms. The molecule has 202 valence electrons. The zero-order valence-corrected chi connectivity index (χ0v) is 22.7. The standard InChI is InChI=1S/C17H14N6.C13H22N2O/c1-23-11-16(10-22-23)12-3-2-4-13(5-12)17-18-6-14(7-19-17)15-8-20-21-9-15;1-14-8-12-7-11(14)9-15(12)13(16)10-5-3-2-4-6-10/h2-11H,1H3,(H,20,21);10-12H,2-9H2,1H3. The molecule has 3 aliphatic rings. The normalized spacial score (nSPS) is 21.1. The molecule has 2 atom stereocenters. The third-order valence-corrected chi connectivity index (χ3v) is 8.39. The van der Waals surface area contributed by atoms with Crippen LogP contribution in [0.1, 0.15) is 38.5 Å². The Bertz CT molecular complexity index is 1390. The Morgan fingerprint density at radius 3 is 2.31 bits per heavy atom. The number of likely N-dealkylation sites (tertiary alicyclic amines) is 2. The summed E-state index contributed by atoms with van der Waals surface area (Å²) in [6.07, 6.45) is 18.4. The molecule has 9 nitrogen and oxygen atoms in total. The fourth-order valence-corrected chi connectivity index (χ4v) is 6.16. The smallest absolute Gasteiger partial charge is 0.226 e. The van der Waals surface area contributed by atoms with Gasteiger partial charge in [-0.3, -0.25) is 19.5 Å². The summed E-state index contributed by atoms with van der Waals surface area (Å²) in [7, 11) is 4.10. The zero-order valence-electron chi connectivity index (χ0n) is 22.7. The van der Waals surface area contributed by atoms with Crippen LogP contribution in [0.5, 0.6) is 0 Å². The highest BCUT2D eigenvalue weighted by Gasteiger charge is 2.44. The van der Waals surface area contributed by atoms with E-state index in [4.69, 9.17) is 0 Å². The number of aryl methyl sites for hydroxylation is 1. The van der Waals surface area contributed by atoms with Crippen LogP contribution in [0, 0.1) is 5.92 Å². The predicted octanol–water partition coefficient (Wildman–Crippen LogP) is 4.42. The number of aromatic amines is 1. The van der Waals surface area contributed by atoms with Gasteiger partial charge in [-0.1, -0.05) is 37.5 Å². The lowest BCUT2D eigenvalue weighted by Crippen LogP contribution is -2.49. The van der Waals surface area contributed by atoms with Crippen molar-refractivity contribution in [3.63, 3.8) is 0 Å². The Balaban J connectivity index is 0.000000151. The van der Waals surface area contributed by atoms with Crippen molar-refractivity contribution in [1.29, 1.82) is 0 Å². The summed E-state index contributed by atoms with van der Waals surface area (Å²) in [4.78, 5) is 26.0. The van der Waals surface area contributed by atoms with E-state index in [1.165, 1.54) is 25.7 Å². The third kappa shape index (κ3) is 5.49. The molecule has 7 rings (SSSR count). The number of fused-ring (bicyclic) bond motifs is 2. The van der Waals surface area contributed by atoms with Gasteiger partial charge < -0.3 is 4.90 Å². The minimum absolute atomic E-state index is 0.360. The van der Waals surface area contributed by atoms with Gasteiger partial charge in [-0.25, -0.2) is 9.97 Å². The fraction of sp³-hybridized carbons (Fsp3) is 0.433. The molecule has 3 aromatic heterocycles. The second-order valence-corrected chi connectivity index (χ2v) is 11.1. The molecule has 5 heterocycles. The summed E-state index contributed by atoms with van der Waals surface area (Å²) < 4.78 is 1.79. The van der Waals surface area contributed by atoms with Crippen molar-refractivity contribution in [1.82, 2.24) is 39.7 Å². The van der Waals surface area contributed by atoms with Gasteiger partial charge in [0.15, 0.2) is 5.82 Å². The summed E-state index contributed by atoms with van der Waals surface area (Å²) in [5, 5.41) is 10.9. The van der Waals surface area contributed by atoms with Gasteiger partial charge in [-0.05, 0) is 37.9 Å². The molecule has 0 radical (unpaired) electrons. The highest BCUT2D eigenvalue weighted by molar-refractivity contribution is 5.80. The molecule has 2 bridgehead atoms.